The monoisotopic (exact) mass is 516 g/mol. The van der Waals surface area contributed by atoms with Crippen molar-refractivity contribution < 1.29 is 23.7 Å². The first kappa shape index (κ1) is 30.3. The van der Waals surface area contributed by atoms with E-state index in [1.165, 1.54) is 0 Å². The van der Waals surface area contributed by atoms with Crippen molar-refractivity contribution in [3.63, 3.8) is 0 Å². The minimum absolute atomic E-state index is 0.192. The molecule has 5 nitrogen and oxygen atoms in total. The van der Waals surface area contributed by atoms with Gasteiger partial charge in [0, 0.05) is 18.1 Å². The van der Waals surface area contributed by atoms with Crippen LogP contribution < -0.4 is 4.74 Å². The number of esters is 1. The quantitative estimate of drug-likeness (QED) is 0.198. The Morgan fingerprint density at radius 2 is 1.33 bits per heavy atom. The Bertz CT molecular complexity index is 1040. The third-order valence-corrected chi connectivity index (χ3v) is 7.58. The van der Waals surface area contributed by atoms with E-state index in [0.717, 1.165) is 33.4 Å². The van der Waals surface area contributed by atoms with Gasteiger partial charge in [0.05, 0.1) is 19.6 Å². The van der Waals surface area contributed by atoms with E-state index < -0.39 is 8.38 Å². The summed E-state index contributed by atoms with van der Waals surface area (Å²) in [6.45, 7) is 21.7. The van der Waals surface area contributed by atoms with Crippen molar-refractivity contribution in [2.45, 2.75) is 92.9 Å². The maximum absolute atomic E-state index is 13.0. The van der Waals surface area contributed by atoms with Crippen LogP contribution in [0.2, 0.25) is 0 Å². The zero-order chi connectivity index (χ0) is 27.3. The molecule has 0 unspecified atom stereocenters. The van der Waals surface area contributed by atoms with E-state index >= 15 is 0 Å². The summed E-state index contributed by atoms with van der Waals surface area (Å²) in [5.41, 5.74) is 5.38. The molecule has 1 N–H and O–H groups in total. The molecule has 0 heterocycles. The molecule has 2 aromatic rings. The third-order valence-electron chi connectivity index (χ3n) is 5.90. The van der Waals surface area contributed by atoms with E-state index in [-0.39, 0.29) is 23.2 Å². The number of hydrogen-bond donors (Lipinski definition) is 1. The van der Waals surface area contributed by atoms with E-state index in [4.69, 9.17) is 13.8 Å². The van der Waals surface area contributed by atoms with E-state index in [0.29, 0.717) is 37.3 Å². The van der Waals surface area contributed by atoms with E-state index in [1.807, 2.05) is 32.9 Å². The summed E-state index contributed by atoms with van der Waals surface area (Å²) in [5.74, 6) is 0.595. The molecule has 36 heavy (non-hydrogen) atoms. The van der Waals surface area contributed by atoms with Gasteiger partial charge < -0.3 is 18.9 Å². The first-order valence-electron chi connectivity index (χ1n) is 12.9. The Hall–Kier alpha value is -1.94. The average Bonchev–Trinajstić information content (AvgIpc) is 2.74. The molecule has 0 aromatic heterocycles. The maximum Gasteiger partial charge on any atom is 0.311 e. The summed E-state index contributed by atoms with van der Waals surface area (Å²) in [7, 11) is -1.11. The zero-order valence-corrected chi connectivity index (χ0v) is 24.8. The standard InChI is InChI=1S/C30H45O5P/c1-11-33-36(34-12-2)14-13-26(31)35-28-23(16-21(4)18-25(28)30(8,9)10)19-22-15-20(3)17-24(27(22)32)29(5,6)7/h15-18,32H,11-14,19H2,1-10H3. The Morgan fingerprint density at radius 3 is 1.83 bits per heavy atom. The van der Waals surface area contributed by atoms with Crippen molar-refractivity contribution >= 4 is 14.3 Å². The number of ether oxygens (including phenoxy) is 1. The lowest BCUT2D eigenvalue weighted by Gasteiger charge is -2.26. The summed E-state index contributed by atoms with van der Waals surface area (Å²) < 4.78 is 17.4. The maximum atomic E-state index is 13.0. The molecule has 0 spiro atoms. The zero-order valence-electron chi connectivity index (χ0n) is 23.9. The fourth-order valence-electron chi connectivity index (χ4n) is 4.22. The summed E-state index contributed by atoms with van der Waals surface area (Å²) in [6, 6.07) is 8.22. The van der Waals surface area contributed by atoms with Gasteiger partial charge in [0.25, 0.3) is 0 Å². The summed E-state index contributed by atoms with van der Waals surface area (Å²) in [6.07, 6.45) is 1.18. The number of aryl methyl sites for hydroxylation is 2. The number of hydrogen-bond acceptors (Lipinski definition) is 5. The minimum Gasteiger partial charge on any atom is -0.507 e. The van der Waals surface area contributed by atoms with Gasteiger partial charge in [-0.25, -0.2) is 0 Å². The van der Waals surface area contributed by atoms with Gasteiger partial charge in [-0.05, 0) is 55.2 Å². The van der Waals surface area contributed by atoms with Crippen LogP contribution in [0, 0.1) is 13.8 Å². The smallest absolute Gasteiger partial charge is 0.311 e. The largest absolute Gasteiger partial charge is 0.507 e. The van der Waals surface area contributed by atoms with Crippen molar-refractivity contribution in [1.29, 1.82) is 0 Å². The Kier molecular flexibility index (Phi) is 10.5. The van der Waals surface area contributed by atoms with Gasteiger partial charge in [0.2, 0.25) is 0 Å². The molecule has 0 saturated carbocycles. The SMILES string of the molecule is CCOP(CCC(=O)Oc1c(Cc2cc(C)cc(C(C)(C)C)c2O)cc(C)cc1C(C)(C)C)OCC. The molecular formula is C30H45O5P. The predicted molar refractivity (Wildman–Crippen MR) is 150 cm³/mol. The van der Waals surface area contributed by atoms with Gasteiger partial charge in [0.1, 0.15) is 11.5 Å². The van der Waals surface area contributed by atoms with Gasteiger partial charge >= 0.3 is 5.97 Å². The molecular weight excluding hydrogens is 471 g/mol. The normalized spacial score (nSPS) is 12.3. The Morgan fingerprint density at radius 1 is 0.833 bits per heavy atom. The highest BCUT2D eigenvalue weighted by Crippen LogP contribution is 2.41. The second kappa shape index (κ2) is 12.5. The van der Waals surface area contributed by atoms with Gasteiger partial charge in [-0.2, -0.15) is 0 Å². The molecule has 2 aromatic carbocycles. The average molecular weight is 517 g/mol. The number of phenolic OH excluding ortho intramolecular Hbond substituents is 1. The highest BCUT2D eigenvalue weighted by atomic mass is 31.2. The van der Waals surface area contributed by atoms with Crippen LogP contribution in [-0.4, -0.2) is 30.5 Å². The van der Waals surface area contributed by atoms with E-state index in [1.54, 1.807) is 0 Å². The predicted octanol–water partition coefficient (Wildman–Crippen LogP) is 7.88. The number of carbonyl (C=O) groups is 1. The molecule has 0 aliphatic carbocycles. The van der Waals surface area contributed by atoms with Crippen molar-refractivity contribution in [2.24, 2.45) is 0 Å². The molecule has 0 atom stereocenters. The first-order valence-corrected chi connectivity index (χ1v) is 14.2. The second-order valence-electron chi connectivity index (χ2n) is 11.4. The summed E-state index contributed by atoms with van der Waals surface area (Å²) >= 11 is 0. The van der Waals surface area contributed by atoms with Crippen LogP contribution in [0.5, 0.6) is 11.5 Å². The number of rotatable bonds is 10. The molecule has 0 bridgehead atoms. The molecule has 0 amide bonds. The lowest BCUT2D eigenvalue weighted by molar-refractivity contribution is -0.134. The van der Waals surface area contributed by atoms with Crippen LogP contribution in [0.1, 0.15) is 95.2 Å². The Balaban J connectivity index is 2.48. The van der Waals surface area contributed by atoms with Crippen LogP contribution >= 0.6 is 8.38 Å². The van der Waals surface area contributed by atoms with Crippen LogP contribution in [0.3, 0.4) is 0 Å². The van der Waals surface area contributed by atoms with Crippen LogP contribution in [0.15, 0.2) is 24.3 Å². The Labute approximate surface area is 219 Å². The molecule has 0 saturated heterocycles. The fourth-order valence-corrected chi connectivity index (χ4v) is 5.50. The molecule has 0 aliphatic rings. The second-order valence-corrected chi connectivity index (χ2v) is 13.0. The van der Waals surface area contributed by atoms with E-state index in [2.05, 4.69) is 60.6 Å². The molecule has 2 rings (SSSR count). The lowest BCUT2D eigenvalue weighted by Crippen LogP contribution is -2.19. The topological polar surface area (TPSA) is 65.0 Å². The lowest BCUT2D eigenvalue weighted by atomic mass is 9.81. The van der Waals surface area contributed by atoms with Crippen LogP contribution in [0.25, 0.3) is 0 Å². The van der Waals surface area contributed by atoms with Gasteiger partial charge in [-0.15, -0.1) is 0 Å². The van der Waals surface area contributed by atoms with Crippen molar-refractivity contribution in [3.05, 3.63) is 57.6 Å². The van der Waals surface area contributed by atoms with E-state index in [9.17, 15) is 9.90 Å². The highest BCUT2D eigenvalue weighted by Gasteiger charge is 2.26. The molecule has 0 radical (unpaired) electrons. The fraction of sp³-hybridized carbons (Fsp3) is 0.567. The van der Waals surface area contributed by atoms with Gasteiger partial charge in [0.15, 0.2) is 8.38 Å². The third kappa shape index (κ3) is 8.30. The number of carbonyl (C=O) groups excluding carboxylic acids is 1. The molecule has 6 heteroatoms. The van der Waals surface area contributed by atoms with Crippen molar-refractivity contribution in [2.75, 3.05) is 19.4 Å². The van der Waals surface area contributed by atoms with Crippen molar-refractivity contribution in [1.82, 2.24) is 0 Å². The summed E-state index contributed by atoms with van der Waals surface area (Å²) in [4.78, 5) is 13.0. The number of aromatic hydroxyl groups is 1. The number of benzene rings is 2. The molecule has 0 fully saturated rings. The number of phenols is 1. The minimum atomic E-state index is -1.11. The molecule has 0 aliphatic heterocycles. The van der Waals surface area contributed by atoms with Gasteiger partial charge in [-0.3, -0.25) is 4.79 Å². The first-order chi connectivity index (χ1) is 16.7. The van der Waals surface area contributed by atoms with Gasteiger partial charge in [-0.1, -0.05) is 76.9 Å². The van der Waals surface area contributed by atoms with Crippen LogP contribution in [-0.2, 0) is 31.1 Å². The van der Waals surface area contributed by atoms with Crippen molar-refractivity contribution in [3.8, 4) is 11.5 Å². The van der Waals surface area contributed by atoms with Crippen LogP contribution in [0.4, 0.5) is 0 Å². The highest BCUT2D eigenvalue weighted by molar-refractivity contribution is 7.47. The molecule has 200 valence electrons. The summed E-state index contributed by atoms with van der Waals surface area (Å²) in [5, 5.41) is 11.2.